The SMILES string of the molecule is C=C1c2c3cccc2N(c2ccccc2)c2cc(C(C)C)cc[n+]2[PH]12c1c(ccc4c1c-3cn4-c1ccccc1)-n1ccc[n+]12. The predicted octanol–water partition coefficient (Wildman–Crippen LogP) is 8.17. The van der Waals surface area contributed by atoms with Gasteiger partial charge in [-0.15, -0.1) is 0 Å². The van der Waals surface area contributed by atoms with Crippen molar-refractivity contribution in [3.05, 3.63) is 152 Å². The van der Waals surface area contributed by atoms with E-state index in [1.165, 1.54) is 66.7 Å². The molecule has 7 aromatic rings. The molecule has 0 unspecified atom stereocenters. The third-order valence-electron chi connectivity index (χ3n) is 10.1. The van der Waals surface area contributed by atoms with Crippen molar-refractivity contribution in [1.82, 2.24) is 9.25 Å². The molecule has 0 atom stereocenters. The molecular weight excluding hydrogens is 569 g/mol. The summed E-state index contributed by atoms with van der Waals surface area (Å²) in [5.74, 6) is 1.56. The Bertz CT molecular complexity index is 2380. The zero-order chi connectivity index (χ0) is 30.0. The van der Waals surface area contributed by atoms with Crippen molar-refractivity contribution < 1.29 is 8.79 Å². The van der Waals surface area contributed by atoms with Crippen LogP contribution in [0.2, 0.25) is 0 Å². The molecule has 0 saturated carbocycles. The van der Waals surface area contributed by atoms with Gasteiger partial charge in [0.15, 0.2) is 0 Å². The number of aromatic nitrogens is 4. The van der Waals surface area contributed by atoms with E-state index in [1.54, 1.807) is 0 Å². The second kappa shape index (κ2) is 8.68. The summed E-state index contributed by atoms with van der Waals surface area (Å²) in [6, 6.07) is 40.0. The van der Waals surface area contributed by atoms with E-state index in [9.17, 15) is 0 Å². The molecule has 4 aromatic carbocycles. The van der Waals surface area contributed by atoms with Crippen molar-refractivity contribution in [1.29, 1.82) is 0 Å². The Morgan fingerprint density at radius 1 is 0.733 bits per heavy atom. The van der Waals surface area contributed by atoms with Gasteiger partial charge in [0.05, 0.1) is 0 Å². The van der Waals surface area contributed by atoms with Crippen LogP contribution in [0.1, 0.15) is 30.9 Å². The van der Waals surface area contributed by atoms with E-state index in [-0.39, 0.29) is 0 Å². The van der Waals surface area contributed by atoms with Gasteiger partial charge in [-0.25, -0.2) is 0 Å². The van der Waals surface area contributed by atoms with Gasteiger partial charge >= 0.3 is 263 Å². The van der Waals surface area contributed by atoms with Crippen molar-refractivity contribution in [3.63, 3.8) is 0 Å². The van der Waals surface area contributed by atoms with E-state index in [4.69, 9.17) is 6.58 Å². The first-order chi connectivity index (χ1) is 22.1. The number of rotatable bonds is 3. The van der Waals surface area contributed by atoms with E-state index in [0.29, 0.717) is 5.92 Å². The molecule has 0 saturated heterocycles. The average molecular weight is 602 g/mol. The number of anilines is 3. The third kappa shape index (κ3) is 2.97. The van der Waals surface area contributed by atoms with E-state index in [0.717, 1.165) is 5.69 Å². The number of hydrogen-bond donors (Lipinski definition) is 0. The quantitative estimate of drug-likeness (QED) is 0.187. The van der Waals surface area contributed by atoms with Crippen LogP contribution in [-0.4, -0.2) is 9.25 Å². The molecule has 0 N–H and O–H groups in total. The summed E-state index contributed by atoms with van der Waals surface area (Å²) in [7, 11) is -3.03. The predicted molar refractivity (Wildman–Crippen MR) is 185 cm³/mol. The summed E-state index contributed by atoms with van der Waals surface area (Å²) in [4.78, 5) is 2.47. The molecule has 45 heavy (non-hydrogen) atoms. The maximum absolute atomic E-state index is 5.11. The number of pyridine rings is 1. The first kappa shape index (κ1) is 25.1. The van der Waals surface area contributed by atoms with Gasteiger partial charge < -0.3 is 0 Å². The van der Waals surface area contributed by atoms with Crippen LogP contribution in [0.15, 0.2) is 141 Å². The fraction of sp³-hybridized carbons (Fsp3) is 0.0769. The van der Waals surface area contributed by atoms with Crippen LogP contribution in [0.4, 0.5) is 17.2 Å². The van der Waals surface area contributed by atoms with Gasteiger partial charge in [0.25, 0.3) is 0 Å². The zero-order valence-corrected chi connectivity index (χ0v) is 26.2. The topological polar surface area (TPSA) is 20.9 Å². The summed E-state index contributed by atoms with van der Waals surface area (Å²) in [6.07, 6.45) is 9.21. The summed E-state index contributed by atoms with van der Waals surface area (Å²) in [5.41, 5.74) is 11.0. The van der Waals surface area contributed by atoms with Gasteiger partial charge in [-0.3, -0.25) is 0 Å². The zero-order valence-electron chi connectivity index (χ0n) is 25.2. The Balaban J connectivity index is 1.47. The van der Waals surface area contributed by atoms with Crippen LogP contribution in [-0.2, 0) is 0 Å². The molecule has 2 bridgehead atoms. The van der Waals surface area contributed by atoms with Crippen LogP contribution in [0.5, 0.6) is 0 Å². The second-order valence-electron chi connectivity index (χ2n) is 12.6. The number of benzene rings is 4. The fourth-order valence-electron chi connectivity index (χ4n) is 8.18. The Morgan fingerprint density at radius 2 is 1.51 bits per heavy atom. The molecule has 3 aromatic heterocycles. The Labute approximate surface area is 262 Å². The standard InChI is InChI=1S/C39H32N5P/c1-26(2)28-20-23-42-36(24-28)44(30-14-8-5-9-15-30)34-17-10-16-31-32-25-40(29-12-6-4-7-13-29)33-18-19-35-39(38(32)33)45(42,27(3)37(31)34)43-22-11-21-41(35)43/h4-26,45H,3H2,1-2H3/q+2. The van der Waals surface area contributed by atoms with Crippen LogP contribution in [0.25, 0.3) is 38.7 Å². The number of para-hydroxylation sites is 2. The molecular formula is C39H32N5P+2. The molecule has 216 valence electrons. The molecule has 1 spiro atoms. The van der Waals surface area contributed by atoms with Gasteiger partial charge in [0, 0.05) is 0 Å². The van der Waals surface area contributed by atoms with Crippen molar-refractivity contribution in [2.45, 2.75) is 19.8 Å². The van der Waals surface area contributed by atoms with Gasteiger partial charge in [0.1, 0.15) is 0 Å². The second-order valence-corrected chi connectivity index (χ2v) is 16.0. The molecule has 6 heterocycles. The van der Waals surface area contributed by atoms with Crippen LogP contribution in [0.3, 0.4) is 0 Å². The van der Waals surface area contributed by atoms with Gasteiger partial charge in [0.2, 0.25) is 0 Å². The van der Waals surface area contributed by atoms with Crippen molar-refractivity contribution in [3.8, 4) is 22.5 Å². The van der Waals surface area contributed by atoms with Gasteiger partial charge in [-0.05, 0) is 0 Å². The molecule has 0 fully saturated rings. The molecule has 0 aliphatic carbocycles. The molecule has 6 heteroatoms. The van der Waals surface area contributed by atoms with Crippen molar-refractivity contribution in [2.75, 3.05) is 4.90 Å². The van der Waals surface area contributed by atoms with Gasteiger partial charge in [-0.1, -0.05) is 0 Å². The monoisotopic (exact) mass is 601 g/mol. The van der Waals surface area contributed by atoms with E-state index >= 15 is 0 Å². The summed E-state index contributed by atoms with van der Waals surface area (Å²) in [6.45, 7) is 9.68. The molecule has 3 aliphatic rings. The minimum absolute atomic E-state index is 0.391. The van der Waals surface area contributed by atoms with Crippen LogP contribution in [0, 0.1) is 0 Å². The number of fused-ring (bicyclic) bond motifs is 4. The Hall–Kier alpha value is -5.25. The summed E-state index contributed by atoms with van der Waals surface area (Å²) >= 11 is 0. The Kier molecular flexibility index (Phi) is 4.85. The van der Waals surface area contributed by atoms with Gasteiger partial charge in [-0.2, -0.15) is 0 Å². The molecule has 0 radical (unpaired) electrons. The van der Waals surface area contributed by atoms with Crippen molar-refractivity contribution in [2.24, 2.45) is 0 Å². The molecule has 3 aliphatic heterocycles. The van der Waals surface area contributed by atoms with Crippen LogP contribution >= 0.6 is 7.56 Å². The molecule has 5 nitrogen and oxygen atoms in total. The summed E-state index contributed by atoms with van der Waals surface area (Å²) < 4.78 is 9.90. The molecule has 0 amide bonds. The van der Waals surface area contributed by atoms with Crippen molar-refractivity contribution >= 4 is 46.3 Å². The van der Waals surface area contributed by atoms with E-state index in [2.05, 4.69) is 171 Å². The maximum atomic E-state index is 5.11. The average Bonchev–Trinajstić information content (AvgIpc) is 3.75. The Morgan fingerprint density at radius 3 is 2.29 bits per heavy atom. The molecule has 10 rings (SSSR count). The number of nitrogens with zero attached hydrogens (tertiary/aromatic N) is 5. The first-order valence-corrected chi connectivity index (χ1v) is 17.6. The normalized spacial score (nSPS) is 15.5. The minimum atomic E-state index is -3.03. The number of hydrogen-bond acceptors (Lipinski definition) is 1. The fourth-order valence-corrected chi connectivity index (χ4v) is 13.1. The van der Waals surface area contributed by atoms with Crippen LogP contribution < -0.4 is 19.0 Å². The third-order valence-corrected chi connectivity index (χ3v) is 14.5. The first-order valence-electron chi connectivity index (χ1n) is 15.7. The van der Waals surface area contributed by atoms with E-state index in [1.807, 2.05) is 0 Å². The van der Waals surface area contributed by atoms with E-state index < -0.39 is 7.56 Å². The summed E-state index contributed by atoms with van der Waals surface area (Å²) in [5, 5.41) is 3.93.